The van der Waals surface area contributed by atoms with Crippen molar-refractivity contribution in [2.45, 2.75) is 24.3 Å². The molecule has 0 amide bonds. The number of fused-ring (bicyclic) bond motifs is 1. The van der Waals surface area contributed by atoms with Gasteiger partial charge in [0.2, 0.25) is 0 Å². The second kappa shape index (κ2) is 8.24. The molecule has 30 heavy (non-hydrogen) atoms. The number of hydrogen-bond acceptors (Lipinski definition) is 5. The fourth-order valence-corrected chi connectivity index (χ4v) is 5.93. The van der Waals surface area contributed by atoms with E-state index < -0.39 is 15.7 Å². The molecule has 4 rings (SSSR count). The summed E-state index contributed by atoms with van der Waals surface area (Å²) in [6.07, 6.45) is 0. The zero-order valence-corrected chi connectivity index (χ0v) is 19.4. The van der Waals surface area contributed by atoms with Gasteiger partial charge in [-0.3, -0.25) is 0 Å². The van der Waals surface area contributed by atoms with Crippen molar-refractivity contribution in [2.24, 2.45) is 0 Å². The number of benzene rings is 3. The van der Waals surface area contributed by atoms with Crippen molar-refractivity contribution in [2.75, 3.05) is 0 Å². The molecular weight excluding hydrogens is 547 g/mol. The molecule has 5 nitrogen and oxygen atoms in total. The molecule has 0 radical (unpaired) electrons. The van der Waals surface area contributed by atoms with Gasteiger partial charge < -0.3 is 10.2 Å². The van der Waals surface area contributed by atoms with Crippen molar-refractivity contribution in [3.63, 3.8) is 0 Å². The first kappa shape index (κ1) is 23.8. The minimum absolute atomic E-state index is 0. The molecular formula is C21H17Br2NaO5S. The van der Waals surface area contributed by atoms with Crippen LogP contribution in [0.2, 0.25) is 0 Å². The van der Waals surface area contributed by atoms with E-state index in [1.54, 1.807) is 44.2 Å². The number of rotatable bonds is 2. The Morgan fingerprint density at radius 1 is 0.900 bits per heavy atom. The molecule has 3 aromatic rings. The van der Waals surface area contributed by atoms with Crippen LogP contribution in [0.15, 0.2) is 62.4 Å². The van der Waals surface area contributed by atoms with E-state index in [2.05, 4.69) is 31.9 Å². The Morgan fingerprint density at radius 3 is 2.20 bits per heavy atom. The fraction of sp³-hybridized carbons (Fsp3) is 0.143. The molecule has 0 bridgehead atoms. The summed E-state index contributed by atoms with van der Waals surface area (Å²) in [4.78, 5) is 0.0307. The summed E-state index contributed by atoms with van der Waals surface area (Å²) in [5.74, 6) is 0.0143. The molecule has 0 aromatic heterocycles. The molecule has 0 saturated heterocycles. The summed E-state index contributed by atoms with van der Waals surface area (Å²) < 4.78 is 32.9. The van der Waals surface area contributed by atoms with E-state index in [1.807, 2.05) is 0 Å². The second-order valence-electron chi connectivity index (χ2n) is 6.96. The van der Waals surface area contributed by atoms with Crippen LogP contribution in [0.5, 0.6) is 11.5 Å². The number of halogens is 2. The van der Waals surface area contributed by atoms with Crippen LogP contribution in [0.3, 0.4) is 0 Å². The predicted octanol–water partition coefficient (Wildman–Crippen LogP) is 4.60. The quantitative estimate of drug-likeness (QED) is 0.352. The normalized spacial score (nSPS) is 19.2. The second-order valence-corrected chi connectivity index (χ2v) is 10.2. The van der Waals surface area contributed by atoms with Gasteiger partial charge in [-0.25, -0.2) is 4.18 Å². The van der Waals surface area contributed by atoms with E-state index in [0.717, 1.165) is 0 Å². The summed E-state index contributed by atoms with van der Waals surface area (Å²) in [5.41, 5.74) is 0.953. The summed E-state index contributed by atoms with van der Waals surface area (Å²) in [7, 11) is -4.10. The van der Waals surface area contributed by atoms with Crippen molar-refractivity contribution >= 4 is 71.5 Å². The topological polar surface area (TPSA) is 83.8 Å². The van der Waals surface area contributed by atoms with Crippen molar-refractivity contribution in [3.8, 4) is 11.5 Å². The van der Waals surface area contributed by atoms with Crippen LogP contribution in [0.25, 0.3) is 0 Å². The van der Waals surface area contributed by atoms with E-state index in [9.17, 15) is 18.6 Å². The number of hydrogen-bond donors (Lipinski definition) is 2. The molecule has 0 aliphatic carbocycles. The van der Waals surface area contributed by atoms with Crippen LogP contribution < -0.4 is 0 Å². The molecule has 9 heteroatoms. The molecule has 0 fully saturated rings. The van der Waals surface area contributed by atoms with Gasteiger partial charge in [0.25, 0.3) is 10.1 Å². The third-order valence-electron chi connectivity index (χ3n) is 5.17. The Labute approximate surface area is 213 Å². The standard InChI is InChI=1S/C21H16Br2O5S.Na.H/c1-11-3-4-13(8-18(11)24)21(14-7-17(23)12(2)19(25)9-14)16-6-5-15(22)10-20(16)29(26,27)28-21;;/h3-10,24-25H,1-2H3;;. The molecule has 1 aliphatic heterocycles. The van der Waals surface area contributed by atoms with Gasteiger partial charge in [-0.05, 0) is 60.9 Å². The van der Waals surface area contributed by atoms with Gasteiger partial charge in [0.1, 0.15) is 16.4 Å². The van der Waals surface area contributed by atoms with Crippen LogP contribution in [-0.4, -0.2) is 48.2 Å². The van der Waals surface area contributed by atoms with Crippen molar-refractivity contribution in [3.05, 3.63) is 85.3 Å². The minimum atomic E-state index is -4.10. The average molecular weight is 564 g/mol. The molecule has 1 unspecified atom stereocenters. The first-order valence-electron chi connectivity index (χ1n) is 8.61. The van der Waals surface area contributed by atoms with Crippen LogP contribution in [0.1, 0.15) is 27.8 Å². The monoisotopic (exact) mass is 562 g/mol. The maximum absolute atomic E-state index is 13.0. The van der Waals surface area contributed by atoms with E-state index in [4.69, 9.17) is 4.18 Å². The van der Waals surface area contributed by atoms with E-state index in [-0.39, 0.29) is 46.0 Å². The summed E-state index contributed by atoms with van der Waals surface area (Å²) in [5, 5.41) is 20.8. The van der Waals surface area contributed by atoms with Gasteiger partial charge in [-0.15, -0.1) is 0 Å². The van der Waals surface area contributed by atoms with Crippen molar-refractivity contribution < 1.29 is 22.8 Å². The molecule has 0 saturated carbocycles. The van der Waals surface area contributed by atoms with Gasteiger partial charge in [0.15, 0.2) is 5.60 Å². The van der Waals surface area contributed by atoms with Gasteiger partial charge in [0, 0.05) is 20.1 Å². The van der Waals surface area contributed by atoms with Crippen LogP contribution >= 0.6 is 31.9 Å². The average Bonchev–Trinajstić information content (AvgIpc) is 2.89. The first-order chi connectivity index (χ1) is 13.6. The van der Waals surface area contributed by atoms with Gasteiger partial charge in [-0.1, -0.05) is 50.1 Å². The van der Waals surface area contributed by atoms with E-state index in [0.29, 0.717) is 36.8 Å². The molecule has 0 spiro atoms. The van der Waals surface area contributed by atoms with Crippen molar-refractivity contribution in [1.82, 2.24) is 0 Å². The molecule has 152 valence electrons. The number of aromatic hydroxyl groups is 2. The predicted molar refractivity (Wildman–Crippen MR) is 123 cm³/mol. The first-order valence-corrected chi connectivity index (χ1v) is 11.6. The third kappa shape index (κ3) is 3.66. The van der Waals surface area contributed by atoms with E-state index in [1.165, 1.54) is 18.2 Å². The van der Waals surface area contributed by atoms with Crippen LogP contribution in [-0.2, 0) is 19.9 Å². The zero-order valence-electron chi connectivity index (χ0n) is 15.4. The van der Waals surface area contributed by atoms with Gasteiger partial charge in [0.05, 0.1) is 0 Å². The number of aryl methyl sites for hydroxylation is 1. The van der Waals surface area contributed by atoms with Crippen LogP contribution in [0, 0.1) is 13.8 Å². The zero-order chi connectivity index (χ0) is 21.1. The van der Waals surface area contributed by atoms with Gasteiger partial charge in [-0.2, -0.15) is 8.42 Å². The summed E-state index contributed by atoms with van der Waals surface area (Å²) in [6, 6.07) is 13.0. The Balaban J connectivity index is 0.00000256. The number of phenols is 2. The Hall–Kier alpha value is -0.870. The molecule has 1 aliphatic rings. The van der Waals surface area contributed by atoms with Gasteiger partial charge >= 0.3 is 29.6 Å². The third-order valence-corrected chi connectivity index (χ3v) is 7.83. The molecule has 2 N–H and O–H groups in total. The molecule has 1 heterocycles. The summed E-state index contributed by atoms with van der Waals surface area (Å²) in [6.45, 7) is 3.49. The Bertz CT molecular complexity index is 1250. The van der Waals surface area contributed by atoms with Crippen molar-refractivity contribution in [1.29, 1.82) is 0 Å². The molecule has 3 aromatic carbocycles. The molecule has 1 atom stereocenters. The maximum atomic E-state index is 13.0. The van der Waals surface area contributed by atoms with E-state index >= 15 is 0 Å². The fourth-order valence-electron chi connectivity index (χ4n) is 3.52. The summed E-state index contributed by atoms with van der Waals surface area (Å²) >= 11 is 6.74. The Kier molecular flexibility index (Phi) is 6.53. The SMILES string of the molecule is Cc1ccc(C2(c3cc(O)c(C)c(Br)c3)OS(=O)(=O)c3cc(Br)ccc32)cc1O.[NaH]. The Morgan fingerprint density at radius 2 is 1.57 bits per heavy atom. The number of phenolic OH excluding ortho intramolecular Hbond substituents is 2. The van der Waals surface area contributed by atoms with Crippen LogP contribution in [0.4, 0.5) is 0 Å².